The largest absolute Gasteiger partial charge is 0.320 e. The van der Waals surface area contributed by atoms with Gasteiger partial charge in [0.25, 0.3) is 5.91 Å². The van der Waals surface area contributed by atoms with E-state index < -0.39 is 15.9 Å². The molecule has 140 valence electrons. The highest BCUT2D eigenvalue weighted by molar-refractivity contribution is 7.89. The van der Waals surface area contributed by atoms with Crippen molar-refractivity contribution in [1.29, 1.82) is 0 Å². The summed E-state index contributed by atoms with van der Waals surface area (Å²) in [7, 11) is -3.64. The first-order valence-corrected chi connectivity index (χ1v) is 10.2. The van der Waals surface area contributed by atoms with Crippen LogP contribution in [0.2, 0.25) is 0 Å². The summed E-state index contributed by atoms with van der Waals surface area (Å²) >= 11 is 0. The van der Waals surface area contributed by atoms with Crippen molar-refractivity contribution in [2.75, 3.05) is 11.9 Å². The number of benzene rings is 2. The van der Waals surface area contributed by atoms with E-state index >= 15 is 0 Å². The van der Waals surface area contributed by atoms with Crippen molar-refractivity contribution in [3.05, 3.63) is 66.4 Å². The van der Waals surface area contributed by atoms with Gasteiger partial charge in [0, 0.05) is 23.7 Å². The van der Waals surface area contributed by atoms with Crippen LogP contribution in [-0.4, -0.2) is 25.9 Å². The molecule has 27 heavy (non-hydrogen) atoms. The third kappa shape index (κ3) is 4.50. The maximum atomic E-state index is 12.6. The first kappa shape index (κ1) is 19.0. The molecule has 2 aromatic carbocycles. The second kappa shape index (κ2) is 8.28. The third-order valence-electron chi connectivity index (χ3n) is 4.11. The van der Waals surface area contributed by atoms with Gasteiger partial charge < -0.3 is 5.32 Å². The van der Waals surface area contributed by atoms with E-state index in [0.717, 1.165) is 18.2 Å². The molecule has 0 saturated carbocycles. The van der Waals surface area contributed by atoms with Gasteiger partial charge in [-0.2, -0.15) is 0 Å². The number of amides is 1. The Morgan fingerprint density at radius 2 is 1.85 bits per heavy atom. The maximum absolute atomic E-state index is 12.6. The van der Waals surface area contributed by atoms with Crippen LogP contribution in [0.5, 0.6) is 0 Å². The van der Waals surface area contributed by atoms with Gasteiger partial charge in [-0.1, -0.05) is 37.6 Å². The number of unbranched alkanes of at least 4 members (excludes halogenated alkanes) is 1. The van der Waals surface area contributed by atoms with E-state index in [0.29, 0.717) is 17.7 Å². The highest BCUT2D eigenvalue weighted by atomic mass is 32.2. The number of rotatable bonds is 7. The number of anilines is 1. The molecule has 0 bridgehead atoms. The average Bonchev–Trinajstić information content (AvgIpc) is 2.68. The lowest BCUT2D eigenvalue weighted by Crippen LogP contribution is -2.25. The summed E-state index contributed by atoms with van der Waals surface area (Å²) in [5, 5.41) is 3.72. The zero-order valence-corrected chi connectivity index (χ0v) is 15.8. The van der Waals surface area contributed by atoms with Crippen LogP contribution in [0.25, 0.3) is 10.9 Å². The molecule has 0 aliphatic carbocycles. The molecule has 3 aromatic rings. The predicted molar refractivity (Wildman–Crippen MR) is 106 cm³/mol. The monoisotopic (exact) mass is 383 g/mol. The summed E-state index contributed by atoms with van der Waals surface area (Å²) in [6.45, 7) is 2.36. The van der Waals surface area contributed by atoms with Crippen molar-refractivity contribution in [2.45, 2.75) is 24.7 Å². The molecule has 2 N–H and O–H groups in total. The number of carbonyl (C=O) groups excluding carboxylic acids is 1. The number of carbonyl (C=O) groups is 1. The molecule has 3 rings (SSSR count). The SMILES string of the molecule is CCCCNS(=O)(=O)c1cccc(C(=O)Nc2cccc3cccnc23)c1. The summed E-state index contributed by atoms with van der Waals surface area (Å²) in [6.07, 6.45) is 3.31. The summed E-state index contributed by atoms with van der Waals surface area (Å²) in [5.74, 6) is -0.390. The lowest BCUT2D eigenvalue weighted by atomic mass is 10.1. The summed E-state index contributed by atoms with van der Waals surface area (Å²) in [6, 6.07) is 15.2. The lowest BCUT2D eigenvalue weighted by molar-refractivity contribution is 0.102. The number of fused-ring (bicyclic) bond motifs is 1. The fourth-order valence-electron chi connectivity index (χ4n) is 2.67. The zero-order valence-electron chi connectivity index (χ0n) is 15.0. The molecule has 7 heteroatoms. The van der Waals surface area contributed by atoms with E-state index in [1.54, 1.807) is 24.4 Å². The van der Waals surface area contributed by atoms with Crippen LogP contribution >= 0.6 is 0 Å². The number of para-hydroxylation sites is 1. The molecule has 1 aromatic heterocycles. The van der Waals surface area contributed by atoms with E-state index in [1.807, 2.05) is 31.2 Å². The Hall–Kier alpha value is -2.77. The minimum Gasteiger partial charge on any atom is -0.320 e. The standard InChI is InChI=1S/C20H21N3O3S/c1-2-3-13-22-27(25,26)17-10-4-8-16(14-17)20(24)23-18-11-5-7-15-9-6-12-21-19(15)18/h4-12,14,22H,2-3,13H2,1H3,(H,23,24). The van der Waals surface area contributed by atoms with E-state index in [1.165, 1.54) is 12.1 Å². The zero-order chi connectivity index (χ0) is 19.3. The Kier molecular flexibility index (Phi) is 5.83. The van der Waals surface area contributed by atoms with Gasteiger partial charge in [-0.25, -0.2) is 13.1 Å². The molecule has 0 saturated heterocycles. The number of hydrogen-bond donors (Lipinski definition) is 2. The van der Waals surface area contributed by atoms with E-state index in [-0.39, 0.29) is 10.5 Å². The second-order valence-electron chi connectivity index (χ2n) is 6.11. The highest BCUT2D eigenvalue weighted by Gasteiger charge is 2.16. The van der Waals surface area contributed by atoms with Crippen LogP contribution in [0.3, 0.4) is 0 Å². The number of aromatic nitrogens is 1. The van der Waals surface area contributed by atoms with Crippen LogP contribution in [-0.2, 0) is 10.0 Å². The fraction of sp³-hybridized carbons (Fsp3) is 0.200. The lowest BCUT2D eigenvalue weighted by Gasteiger charge is -2.10. The van der Waals surface area contributed by atoms with Crippen LogP contribution < -0.4 is 10.0 Å². The molecule has 0 aliphatic heterocycles. The van der Waals surface area contributed by atoms with Crippen molar-refractivity contribution < 1.29 is 13.2 Å². The first-order chi connectivity index (χ1) is 13.0. The summed E-state index contributed by atoms with van der Waals surface area (Å²) < 4.78 is 27.3. The molecule has 0 atom stereocenters. The minimum absolute atomic E-state index is 0.0716. The van der Waals surface area contributed by atoms with Gasteiger partial charge in [-0.15, -0.1) is 0 Å². The third-order valence-corrected chi connectivity index (χ3v) is 5.57. The average molecular weight is 383 g/mol. The van der Waals surface area contributed by atoms with Crippen LogP contribution in [0.15, 0.2) is 65.7 Å². The predicted octanol–water partition coefficient (Wildman–Crippen LogP) is 3.57. The number of nitrogens with zero attached hydrogens (tertiary/aromatic N) is 1. The molecular weight excluding hydrogens is 362 g/mol. The Labute approximate surface area is 158 Å². The van der Waals surface area contributed by atoms with Crippen molar-refractivity contribution in [2.24, 2.45) is 0 Å². The number of pyridine rings is 1. The first-order valence-electron chi connectivity index (χ1n) is 8.76. The molecule has 0 fully saturated rings. The molecule has 6 nitrogen and oxygen atoms in total. The Balaban J connectivity index is 1.83. The molecule has 0 radical (unpaired) electrons. The van der Waals surface area contributed by atoms with E-state index in [4.69, 9.17) is 0 Å². The fourth-order valence-corrected chi connectivity index (χ4v) is 3.79. The van der Waals surface area contributed by atoms with Crippen molar-refractivity contribution >= 4 is 32.5 Å². The van der Waals surface area contributed by atoms with Crippen LogP contribution in [0.1, 0.15) is 30.1 Å². The Morgan fingerprint density at radius 3 is 2.67 bits per heavy atom. The van der Waals surface area contributed by atoms with Crippen LogP contribution in [0, 0.1) is 0 Å². The molecular formula is C20H21N3O3S. The number of sulfonamides is 1. The quantitative estimate of drug-likeness (QED) is 0.611. The van der Waals surface area contributed by atoms with Gasteiger partial charge in [0.2, 0.25) is 10.0 Å². The molecule has 0 aliphatic rings. The molecule has 1 amide bonds. The molecule has 0 spiro atoms. The maximum Gasteiger partial charge on any atom is 0.255 e. The van der Waals surface area contributed by atoms with Crippen molar-refractivity contribution in [3.8, 4) is 0 Å². The van der Waals surface area contributed by atoms with Gasteiger partial charge in [0.1, 0.15) is 0 Å². The Bertz CT molecular complexity index is 1060. The topological polar surface area (TPSA) is 88.2 Å². The number of nitrogens with one attached hydrogen (secondary N) is 2. The Morgan fingerprint density at radius 1 is 1.07 bits per heavy atom. The van der Waals surface area contributed by atoms with Gasteiger partial charge in [0.05, 0.1) is 16.1 Å². The molecule has 1 heterocycles. The summed E-state index contributed by atoms with van der Waals surface area (Å²) in [4.78, 5) is 17.0. The van der Waals surface area contributed by atoms with Gasteiger partial charge in [-0.05, 0) is 36.8 Å². The van der Waals surface area contributed by atoms with Gasteiger partial charge >= 0.3 is 0 Å². The van der Waals surface area contributed by atoms with Crippen LogP contribution in [0.4, 0.5) is 5.69 Å². The van der Waals surface area contributed by atoms with E-state index in [9.17, 15) is 13.2 Å². The number of hydrogen-bond acceptors (Lipinski definition) is 4. The van der Waals surface area contributed by atoms with Gasteiger partial charge in [0.15, 0.2) is 0 Å². The summed E-state index contributed by atoms with van der Waals surface area (Å²) in [5.41, 5.74) is 1.52. The minimum atomic E-state index is -3.64. The smallest absolute Gasteiger partial charge is 0.255 e. The van der Waals surface area contributed by atoms with Crippen molar-refractivity contribution in [1.82, 2.24) is 9.71 Å². The van der Waals surface area contributed by atoms with E-state index in [2.05, 4.69) is 15.0 Å². The molecule has 0 unspecified atom stereocenters. The van der Waals surface area contributed by atoms with Gasteiger partial charge in [-0.3, -0.25) is 9.78 Å². The normalized spacial score (nSPS) is 11.4. The van der Waals surface area contributed by atoms with Crippen molar-refractivity contribution in [3.63, 3.8) is 0 Å². The highest BCUT2D eigenvalue weighted by Crippen LogP contribution is 2.21. The second-order valence-corrected chi connectivity index (χ2v) is 7.88.